The van der Waals surface area contributed by atoms with Crippen molar-refractivity contribution in [3.05, 3.63) is 71.5 Å². The van der Waals surface area contributed by atoms with Gasteiger partial charge in [-0.1, -0.05) is 83.2 Å². The fraction of sp³-hybridized carbons (Fsp3) is 0.538. The number of hydrogen-bond donors (Lipinski definition) is 1. The van der Waals surface area contributed by atoms with Gasteiger partial charge in [0.2, 0.25) is 0 Å². The lowest BCUT2D eigenvalue weighted by molar-refractivity contribution is 0.0304. The molecular formula is C26H39N. The van der Waals surface area contributed by atoms with Crippen molar-refractivity contribution in [2.24, 2.45) is 17.3 Å². The topological polar surface area (TPSA) is 12.0 Å². The van der Waals surface area contributed by atoms with Crippen LogP contribution in [0.15, 0.2) is 60.3 Å². The number of hydrogen-bond acceptors (Lipinski definition) is 1. The van der Waals surface area contributed by atoms with Crippen LogP contribution in [0.5, 0.6) is 0 Å². The Morgan fingerprint density at radius 2 is 1.74 bits per heavy atom. The van der Waals surface area contributed by atoms with Crippen LogP contribution in [0.4, 0.5) is 0 Å². The van der Waals surface area contributed by atoms with Gasteiger partial charge in [-0.05, 0) is 60.6 Å². The van der Waals surface area contributed by atoms with Gasteiger partial charge in [0.15, 0.2) is 0 Å². The van der Waals surface area contributed by atoms with Crippen LogP contribution < -0.4 is 5.32 Å². The molecule has 1 aromatic rings. The molecule has 2 rings (SSSR count). The highest BCUT2D eigenvalue weighted by molar-refractivity contribution is 5.35. The quantitative estimate of drug-likeness (QED) is 0.491. The number of nitrogens with one attached hydrogen (secondary N) is 1. The van der Waals surface area contributed by atoms with Crippen molar-refractivity contribution in [3.8, 4) is 0 Å². The molecule has 0 aliphatic heterocycles. The lowest BCUT2D eigenvalue weighted by Crippen LogP contribution is -2.53. The third-order valence-corrected chi connectivity index (χ3v) is 7.47. The highest BCUT2D eigenvalue weighted by Crippen LogP contribution is 2.53. The SMILES string of the molecule is C/C=C\C(C)C(C)(C(C)C(C)NC1=CC=CC1)C(C)(C)c1ccccc1C. The maximum atomic E-state index is 3.79. The fourth-order valence-corrected chi connectivity index (χ4v) is 5.10. The molecule has 1 aliphatic carbocycles. The molecule has 4 unspecified atom stereocenters. The monoisotopic (exact) mass is 365 g/mol. The van der Waals surface area contributed by atoms with Crippen LogP contribution in [0, 0.1) is 24.2 Å². The van der Waals surface area contributed by atoms with E-state index in [-0.39, 0.29) is 10.8 Å². The molecule has 0 radical (unpaired) electrons. The Kier molecular flexibility index (Phi) is 6.78. The molecule has 0 amide bonds. The molecule has 27 heavy (non-hydrogen) atoms. The molecule has 0 saturated heterocycles. The average molecular weight is 366 g/mol. The summed E-state index contributed by atoms with van der Waals surface area (Å²) in [4.78, 5) is 0. The van der Waals surface area contributed by atoms with Gasteiger partial charge in [-0.3, -0.25) is 0 Å². The molecule has 1 aromatic carbocycles. The molecule has 1 nitrogen and oxygen atoms in total. The molecule has 0 saturated carbocycles. The van der Waals surface area contributed by atoms with E-state index in [1.54, 1.807) is 0 Å². The van der Waals surface area contributed by atoms with Gasteiger partial charge >= 0.3 is 0 Å². The summed E-state index contributed by atoms with van der Waals surface area (Å²) in [6.07, 6.45) is 12.2. The predicted molar refractivity (Wildman–Crippen MR) is 120 cm³/mol. The summed E-state index contributed by atoms with van der Waals surface area (Å²) in [5, 5.41) is 3.79. The maximum Gasteiger partial charge on any atom is 0.0261 e. The highest BCUT2D eigenvalue weighted by Gasteiger charge is 2.50. The van der Waals surface area contributed by atoms with Gasteiger partial charge in [-0.15, -0.1) is 0 Å². The minimum atomic E-state index is 0.0366. The fourth-order valence-electron chi connectivity index (χ4n) is 5.10. The van der Waals surface area contributed by atoms with Gasteiger partial charge in [0.25, 0.3) is 0 Å². The first-order valence-electron chi connectivity index (χ1n) is 10.5. The molecule has 0 aromatic heterocycles. The first-order chi connectivity index (χ1) is 12.7. The van der Waals surface area contributed by atoms with E-state index in [9.17, 15) is 0 Å². The van der Waals surface area contributed by atoms with Crippen molar-refractivity contribution in [2.75, 3.05) is 0 Å². The summed E-state index contributed by atoms with van der Waals surface area (Å²) < 4.78 is 0. The second kappa shape index (κ2) is 8.50. The van der Waals surface area contributed by atoms with Crippen molar-refractivity contribution >= 4 is 0 Å². The van der Waals surface area contributed by atoms with E-state index in [1.165, 1.54) is 16.8 Å². The summed E-state index contributed by atoms with van der Waals surface area (Å²) in [6, 6.07) is 9.31. The van der Waals surface area contributed by atoms with Gasteiger partial charge < -0.3 is 5.32 Å². The van der Waals surface area contributed by atoms with Crippen LogP contribution in [0.25, 0.3) is 0 Å². The Morgan fingerprint density at radius 3 is 2.30 bits per heavy atom. The molecular weight excluding hydrogens is 326 g/mol. The second-order valence-electron chi connectivity index (χ2n) is 9.08. The molecule has 0 heterocycles. The zero-order valence-electron chi connectivity index (χ0n) is 18.6. The van der Waals surface area contributed by atoms with Crippen LogP contribution in [0.3, 0.4) is 0 Å². The molecule has 0 bridgehead atoms. The van der Waals surface area contributed by atoms with Gasteiger partial charge in [0, 0.05) is 18.2 Å². The van der Waals surface area contributed by atoms with E-state index in [0.717, 1.165) is 6.42 Å². The van der Waals surface area contributed by atoms with Crippen molar-refractivity contribution in [1.82, 2.24) is 5.32 Å². The normalized spacial score (nSPS) is 20.2. The van der Waals surface area contributed by atoms with Crippen LogP contribution in [-0.4, -0.2) is 6.04 Å². The Labute approximate surface area is 167 Å². The minimum absolute atomic E-state index is 0.0366. The lowest BCUT2D eigenvalue weighted by atomic mass is 9.51. The van der Waals surface area contributed by atoms with Gasteiger partial charge in [0.05, 0.1) is 0 Å². The van der Waals surface area contributed by atoms with E-state index < -0.39 is 0 Å². The van der Waals surface area contributed by atoms with Crippen molar-refractivity contribution in [3.63, 3.8) is 0 Å². The van der Waals surface area contributed by atoms with Crippen molar-refractivity contribution in [2.45, 2.75) is 73.3 Å². The Bertz CT molecular complexity index is 721. The molecule has 1 N–H and O–H groups in total. The van der Waals surface area contributed by atoms with Crippen LogP contribution >= 0.6 is 0 Å². The van der Waals surface area contributed by atoms with E-state index in [4.69, 9.17) is 0 Å². The molecule has 0 spiro atoms. The lowest BCUT2D eigenvalue weighted by Gasteiger charge is -2.54. The Balaban J connectivity index is 2.46. The van der Waals surface area contributed by atoms with E-state index in [1.807, 2.05) is 0 Å². The Morgan fingerprint density at radius 1 is 1.07 bits per heavy atom. The number of benzene rings is 1. The first kappa shape index (κ1) is 21.5. The van der Waals surface area contributed by atoms with E-state index in [2.05, 4.69) is 115 Å². The molecule has 0 fully saturated rings. The van der Waals surface area contributed by atoms with E-state index >= 15 is 0 Å². The number of aryl methyl sites for hydroxylation is 1. The Hall–Kier alpha value is -1.76. The minimum Gasteiger partial charge on any atom is -0.385 e. The zero-order chi connectivity index (χ0) is 20.2. The predicted octanol–water partition coefficient (Wildman–Crippen LogP) is 6.95. The molecule has 4 atom stereocenters. The maximum absolute atomic E-state index is 3.79. The summed E-state index contributed by atoms with van der Waals surface area (Å²) in [6.45, 7) is 18.9. The number of rotatable bonds is 8. The zero-order valence-corrected chi connectivity index (χ0v) is 18.6. The smallest absolute Gasteiger partial charge is 0.0261 e. The summed E-state index contributed by atoms with van der Waals surface area (Å²) >= 11 is 0. The third kappa shape index (κ3) is 4.08. The van der Waals surface area contributed by atoms with Gasteiger partial charge in [-0.2, -0.15) is 0 Å². The van der Waals surface area contributed by atoms with Crippen LogP contribution in [0.1, 0.15) is 66.0 Å². The molecule has 1 heteroatoms. The van der Waals surface area contributed by atoms with Gasteiger partial charge in [0.1, 0.15) is 0 Å². The summed E-state index contributed by atoms with van der Waals surface area (Å²) in [7, 11) is 0. The molecule has 148 valence electrons. The number of allylic oxidation sites excluding steroid dienone is 5. The van der Waals surface area contributed by atoms with Gasteiger partial charge in [-0.25, -0.2) is 0 Å². The standard InChI is InChI=1S/C26H39N/c1-9-14-20(3)26(8,21(4)22(5)27-23-16-11-12-17-23)25(6,7)24-18-13-10-15-19(24)2/h9-16,18,20-22,27H,17H2,1-8H3/b14-9-. The second-order valence-corrected chi connectivity index (χ2v) is 9.08. The van der Waals surface area contributed by atoms with Crippen LogP contribution in [0.2, 0.25) is 0 Å². The van der Waals surface area contributed by atoms with Crippen molar-refractivity contribution in [1.29, 1.82) is 0 Å². The van der Waals surface area contributed by atoms with Crippen molar-refractivity contribution < 1.29 is 0 Å². The largest absolute Gasteiger partial charge is 0.385 e. The van der Waals surface area contributed by atoms with Crippen LogP contribution in [-0.2, 0) is 5.41 Å². The first-order valence-corrected chi connectivity index (χ1v) is 10.5. The third-order valence-electron chi connectivity index (χ3n) is 7.47. The molecule has 1 aliphatic rings. The highest BCUT2D eigenvalue weighted by atomic mass is 14.9. The average Bonchev–Trinajstić information content (AvgIpc) is 3.13. The summed E-state index contributed by atoms with van der Waals surface area (Å²) in [5.41, 5.74) is 4.31. The summed E-state index contributed by atoms with van der Waals surface area (Å²) in [5.74, 6) is 0.951. The van der Waals surface area contributed by atoms with E-state index in [0.29, 0.717) is 17.9 Å².